The molecule has 2 aliphatic rings. The van der Waals surface area contributed by atoms with E-state index < -0.39 is 29.2 Å². The average molecular weight is 436 g/mol. The topological polar surface area (TPSA) is 72.9 Å². The van der Waals surface area contributed by atoms with E-state index in [1.54, 1.807) is 18.7 Å². The summed E-state index contributed by atoms with van der Waals surface area (Å²) in [5.41, 5.74) is 0.208. The van der Waals surface area contributed by atoms with Crippen LogP contribution in [0.15, 0.2) is 60.7 Å². The molecule has 1 saturated heterocycles. The summed E-state index contributed by atoms with van der Waals surface area (Å²) < 4.78 is 10.8. The van der Waals surface area contributed by atoms with E-state index in [0.29, 0.717) is 19.5 Å². The molecule has 4 rings (SSSR count). The first-order chi connectivity index (χ1) is 15.6. The van der Waals surface area contributed by atoms with Gasteiger partial charge in [-0.15, -0.1) is 0 Å². The lowest BCUT2D eigenvalue weighted by Gasteiger charge is -2.60. The van der Waals surface area contributed by atoms with Crippen molar-refractivity contribution in [2.45, 2.75) is 32.7 Å². The minimum atomic E-state index is -1.66. The Labute approximate surface area is 188 Å². The van der Waals surface area contributed by atoms with Crippen LogP contribution in [-0.2, 0) is 30.4 Å². The predicted molar refractivity (Wildman–Crippen MR) is 118 cm³/mol. The van der Waals surface area contributed by atoms with Crippen LogP contribution in [0.25, 0.3) is 0 Å². The van der Waals surface area contributed by atoms with Crippen molar-refractivity contribution in [1.82, 2.24) is 4.90 Å². The largest absolute Gasteiger partial charge is 0.465 e. The van der Waals surface area contributed by atoms with Crippen LogP contribution in [-0.4, -0.2) is 42.5 Å². The van der Waals surface area contributed by atoms with Crippen molar-refractivity contribution in [2.24, 2.45) is 17.3 Å². The first-order valence-corrected chi connectivity index (χ1v) is 11.3. The minimum absolute atomic E-state index is 0.120. The molecule has 2 aromatic carbocycles. The van der Waals surface area contributed by atoms with Crippen molar-refractivity contribution in [3.63, 3.8) is 0 Å². The zero-order valence-electron chi connectivity index (χ0n) is 18.5. The number of rotatable bonds is 7. The molecule has 32 heavy (non-hydrogen) atoms. The summed E-state index contributed by atoms with van der Waals surface area (Å²) in [6, 6.07) is 19.2. The number of amides is 1. The molecule has 6 nitrogen and oxygen atoms in total. The summed E-state index contributed by atoms with van der Waals surface area (Å²) in [6.45, 7) is 4.69. The van der Waals surface area contributed by atoms with Crippen molar-refractivity contribution in [3.05, 3.63) is 71.8 Å². The van der Waals surface area contributed by atoms with Crippen molar-refractivity contribution in [2.75, 3.05) is 19.8 Å². The molecular weight excluding hydrogens is 406 g/mol. The molecule has 6 heteroatoms. The molecule has 0 N–H and O–H groups in total. The monoisotopic (exact) mass is 435 g/mol. The van der Waals surface area contributed by atoms with E-state index in [2.05, 4.69) is 0 Å². The van der Waals surface area contributed by atoms with E-state index in [4.69, 9.17) is 9.47 Å². The molecule has 3 atom stereocenters. The second kappa shape index (κ2) is 9.15. The Morgan fingerprint density at radius 3 is 2.03 bits per heavy atom. The predicted octanol–water partition coefficient (Wildman–Crippen LogP) is 3.56. The maximum Gasteiger partial charge on any atom is 0.324 e. The normalized spacial score (nSPS) is 23.6. The van der Waals surface area contributed by atoms with Crippen molar-refractivity contribution >= 4 is 17.8 Å². The molecular formula is C26H29NO5. The van der Waals surface area contributed by atoms with Crippen LogP contribution in [0.1, 0.15) is 37.3 Å². The SMILES string of the molecule is CCOC(=O)C1(C(=O)OCC)[C@@H]2C(=O)N(Cc3ccccc3)CC[C@@H]2[C@@H]1c1ccccc1. The van der Waals surface area contributed by atoms with Crippen LogP contribution < -0.4 is 0 Å². The van der Waals surface area contributed by atoms with Gasteiger partial charge in [-0.05, 0) is 37.3 Å². The summed E-state index contributed by atoms with van der Waals surface area (Å²) in [7, 11) is 0. The molecule has 0 bridgehead atoms. The third kappa shape index (κ3) is 3.48. The highest BCUT2D eigenvalue weighted by molar-refractivity contribution is 6.08. The fourth-order valence-electron chi connectivity index (χ4n) is 5.49. The van der Waals surface area contributed by atoms with Crippen LogP contribution in [0.4, 0.5) is 0 Å². The van der Waals surface area contributed by atoms with Crippen molar-refractivity contribution < 1.29 is 23.9 Å². The summed E-state index contributed by atoms with van der Waals surface area (Å²) in [6.07, 6.45) is 0.712. The van der Waals surface area contributed by atoms with Crippen molar-refractivity contribution in [1.29, 1.82) is 0 Å². The van der Waals surface area contributed by atoms with Gasteiger partial charge in [0, 0.05) is 19.0 Å². The number of piperidine rings is 1. The molecule has 2 fully saturated rings. The third-order valence-corrected chi connectivity index (χ3v) is 6.75. The molecule has 1 aliphatic heterocycles. The highest BCUT2D eigenvalue weighted by Gasteiger charge is 2.76. The highest BCUT2D eigenvalue weighted by Crippen LogP contribution is 2.65. The van der Waals surface area contributed by atoms with E-state index in [1.165, 1.54) is 0 Å². The first kappa shape index (κ1) is 22.1. The number of nitrogens with zero attached hydrogens (tertiary/aromatic N) is 1. The maximum atomic E-state index is 13.7. The Morgan fingerprint density at radius 2 is 1.47 bits per heavy atom. The summed E-state index contributed by atoms with van der Waals surface area (Å²) >= 11 is 0. The number of fused-ring (bicyclic) bond motifs is 1. The molecule has 1 aliphatic carbocycles. The van der Waals surface area contributed by atoms with Gasteiger partial charge >= 0.3 is 11.9 Å². The van der Waals surface area contributed by atoms with Crippen LogP contribution >= 0.6 is 0 Å². The van der Waals surface area contributed by atoms with E-state index in [1.807, 2.05) is 60.7 Å². The molecule has 1 heterocycles. The van der Waals surface area contributed by atoms with Gasteiger partial charge in [0.15, 0.2) is 5.41 Å². The van der Waals surface area contributed by atoms with Gasteiger partial charge in [-0.3, -0.25) is 14.4 Å². The number of hydrogen-bond acceptors (Lipinski definition) is 5. The molecule has 2 aromatic rings. The van der Waals surface area contributed by atoms with Crippen molar-refractivity contribution in [3.8, 4) is 0 Å². The minimum Gasteiger partial charge on any atom is -0.465 e. The number of ether oxygens (including phenoxy) is 2. The van der Waals surface area contributed by atoms with Gasteiger partial charge in [0.2, 0.25) is 5.91 Å². The van der Waals surface area contributed by atoms with E-state index in [9.17, 15) is 14.4 Å². The fraction of sp³-hybridized carbons (Fsp3) is 0.423. The lowest BCUT2D eigenvalue weighted by atomic mass is 9.42. The third-order valence-electron chi connectivity index (χ3n) is 6.75. The second-order valence-electron chi connectivity index (χ2n) is 8.37. The number of benzene rings is 2. The number of hydrogen-bond donors (Lipinski definition) is 0. The van der Waals surface area contributed by atoms with E-state index >= 15 is 0 Å². The second-order valence-corrected chi connectivity index (χ2v) is 8.37. The fourth-order valence-corrected chi connectivity index (χ4v) is 5.49. The number of esters is 2. The molecule has 0 aromatic heterocycles. The van der Waals surface area contributed by atoms with Gasteiger partial charge in [-0.1, -0.05) is 60.7 Å². The Bertz CT molecular complexity index is 956. The van der Waals surface area contributed by atoms with Gasteiger partial charge < -0.3 is 14.4 Å². The molecule has 1 saturated carbocycles. The molecule has 0 spiro atoms. The van der Waals surface area contributed by atoms with E-state index in [0.717, 1.165) is 11.1 Å². The highest BCUT2D eigenvalue weighted by atomic mass is 16.6. The van der Waals surface area contributed by atoms with Crippen LogP contribution in [0.5, 0.6) is 0 Å². The summed E-state index contributed by atoms with van der Waals surface area (Å²) in [4.78, 5) is 42.3. The smallest absolute Gasteiger partial charge is 0.324 e. The summed E-state index contributed by atoms with van der Waals surface area (Å²) in [5.74, 6) is -2.87. The van der Waals surface area contributed by atoms with Gasteiger partial charge in [0.1, 0.15) is 0 Å². The van der Waals surface area contributed by atoms with Gasteiger partial charge in [0.25, 0.3) is 0 Å². The van der Waals surface area contributed by atoms with Crippen LogP contribution in [0, 0.1) is 17.3 Å². The molecule has 168 valence electrons. The van der Waals surface area contributed by atoms with Gasteiger partial charge in [0.05, 0.1) is 19.1 Å². The zero-order valence-corrected chi connectivity index (χ0v) is 18.5. The van der Waals surface area contributed by atoms with Crippen LogP contribution in [0.2, 0.25) is 0 Å². The number of carbonyl (C=O) groups is 3. The van der Waals surface area contributed by atoms with Gasteiger partial charge in [-0.2, -0.15) is 0 Å². The van der Waals surface area contributed by atoms with Crippen LogP contribution in [0.3, 0.4) is 0 Å². The number of likely N-dealkylation sites (tertiary alicyclic amines) is 1. The Balaban J connectivity index is 1.76. The van der Waals surface area contributed by atoms with Gasteiger partial charge in [-0.25, -0.2) is 0 Å². The number of carbonyl (C=O) groups excluding carboxylic acids is 3. The Hall–Kier alpha value is -3.15. The first-order valence-electron chi connectivity index (χ1n) is 11.3. The lowest BCUT2D eigenvalue weighted by molar-refractivity contribution is -0.209. The quantitative estimate of drug-likeness (QED) is 0.491. The zero-order chi connectivity index (χ0) is 22.7. The lowest BCUT2D eigenvalue weighted by Crippen LogP contribution is -2.70. The van der Waals surface area contributed by atoms with E-state index in [-0.39, 0.29) is 25.0 Å². The molecule has 0 radical (unpaired) electrons. The summed E-state index contributed by atoms with van der Waals surface area (Å²) in [5, 5.41) is 0. The average Bonchev–Trinajstić information content (AvgIpc) is 2.78. The standard InChI is InChI=1S/C26H29NO5/c1-3-31-24(29)26(25(30)32-4-2)21(19-13-9-6-10-14-19)20-15-16-27(23(28)22(20)26)17-18-11-7-5-8-12-18/h5-14,20-22H,3-4,15-17H2,1-2H3/t20-,21+,22+/m1/s1. The Morgan fingerprint density at radius 1 is 0.906 bits per heavy atom. The molecule has 0 unspecified atom stereocenters. The Kier molecular flexibility index (Phi) is 6.31. The molecule has 1 amide bonds. The maximum absolute atomic E-state index is 13.7.